The van der Waals surface area contributed by atoms with Crippen LogP contribution in [0.2, 0.25) is 0 Å². The Balaban J connectivity index is 1.44. The number of halogens is 3. The number of rotatable bonds is 5. The zero-order valence-electron chi connectivity index (χ0n) is 15.2. The van der Waals surface area contributed by atoms with Crippen molar-refractivity contribution in [1.29, 1.82) is 0 Å². The van der Waals surface area contributed by atoms with Crippen molar-refractivity contribution in [1.82, 2.24) is 24.8 Å². The molecule has 0 radical (unpaired) electrons. The SMILES string of the molecule is O=C(CSc1nnc2ccc(-c3cccnc3)nn12)Nc1ccc(C(F)(F)F)cc1. The van der Waals surface area contributed by atoms with Crippen molar-refractivity contribution < 1.29 is 18.0 Å². The van der Waals surface area contributed by atoms with E-state index in [1.807, 2.05) is 6.07 Å². The summed E-state index contributed by atoms with van der Waals surface area (Å²) in [5.41, 5.74) is 1.51. The minimum atomic E-state index is -4.42. The van der Waals surface area contributed by atoms with Crippen LogP contribution in [-0.2, 0) is 11.0 Å². The van der Waals surface area contributed by atoms with Crippen LogP contribution in [0.3, 0.4) is 0 Å². The fourth-order valence-corrected chi connectivity index (χ4v) is 3.28. The quantitative estimate of drug-likeness (QED) is 0.483. The molecule has 152 valence electrons. The molecule has 4 rings (SSSR count). The van der Waals surface area contributed by atoms with Gasteiger partial charge in [-0.05, 0) is 48.5 Å². The third kappa shape index (κ3) is 4.40. The van der Waals surface area contributed by atoms with Crippen LogP contribution in [0.15, 0.2) is 66.1 Å². The van der Waals surface area contributed by atoms with E-state index >= 15 is 0 Å². The molecule has 0 aliphatic carbocycles. The van der Waals surface area contributed by atoms with Crippen LogP contribution in [0, 0.1) is 0 Å². The largest absolute Gasteiger partial charge is 0.416 e. The molecule has 0 saturated carbocycles. The van der Waals surface area contributed by atoms with Crippen LogP contribution in [-0.4, -0.2) is 36.5 Å². The number of anilines is 1. The predicted molar refractivity (Wildman–Crippen MR) is 105 cm³/mol. The van der Waals surface area contributed by atoms with E-state index in [4.69, 9.17) is 0 Å². The van der Waals surface area contributed by atoms with Crippen molar-refractivity contribution in [2.24, 2.45) is 0 Å². The molecule has 0 aliphatic rings. The summed E-state index contributed by atoms with van der Waals surface area (Å²) in [6.07, 6.45) is -1.07. The summed E-state index contributed by atoms with van der Waals surface area (Å²) in [6.45, 7) is 0. The number of nitrogens with one attached hydrogen (secondary N) is 1. The fourth-order valence-electron chi connectivity index (χ4n) is 2.60. The first-order chi connectivity index (χ1) is 14.4. The molecule has 0 fully saturated rings. The molecule has 0 bridgehead atoms. The summed E-state index contributed by atoms with van der Waals surface area (Å²) >= 11 is 1.11. The lowest BCUT2D eigenvalue weighted by Crippen LogP contribution is -2.14. The lowest BCUT2D eigenvalue weighted by Gasteiger charge is -2.08. The number of nitrogens with zero attached hydrogens (tertiary/aromatic N) is 5. The number of carbonyl (C=O) groups is 1. The highest BCUT2D eigenvalue weighted by Gasteiger charge is 2.30. The Morgan fingerprint density at radius 3 is 2.57 bits per heavy atom. The first kappa shape index (κ1) is 19.8. The maximum atomic E-state index is 12.6. The van der Waals surface area contributed by atoms with Gasteiger partial charge in [0.15, 0.2) is 5.65 Å². The number of alkyl halides is 3. The number of thioether (sulfide) groups is 1. The van der Waals surface area contributed by atoms with Crippen LogP contribution in [0.5, 0.6) is 0 Å². The van der Waals surface area contributed by atoms with Gasteiger partial charge in [0.05, 0.1) is 17.0 Å². The van der Waals surface area contributed by atoms with E-state index in [2.05, 4.69) is 25.6 Å². The zero-order valence-corrected chi connectivity index (χ0v) is 16.0. The van der Waals surface area contributed by atoms with Gasteiger partial charge >= 0.3 is 6.18 Å². The van der Waals surface area contributed by atoms with Gasteiger partial charge in [-0.25, -0.2) is 0 Å². The van der Waals surface area contributed by atoms with Crippen molar-refractivity contribution in [2.45, 2.75) is 11.3 Å². The van der Waals surface area contributed by atoms with Crippen LogP contribution in [0.25, 0.3) is 16.9 Å². The normalized spacial score (nSPS) is 11.6. The van der Waals surface area contributed by atoms with Gasteiger partial charge in [0.1, 0.15) is 0 Å². The number of hydrogen-bond acceptors (Lipinski definition) is 6. The Morgan fingerprint density at radius 1 is 1.07 bits per heavy atom. The molecule has 30 heavy (non-hydrogen) atoms. The highest BCUT2D eigenvalue weighted by Crippen LogP contribution is 2.30. The number of benzene rings is 1. The van der Waals surface area contributed by atoms with E-state index < -0.39 is 11.7 Å². The van der Waals surface area contributed by atoms with Gasteiger partial charge in [-0.3, -0.25) is 9.78 Å². The standard InChI is InChI=1S/C19H13F3N6OS/c20-19(21,22)13-3-5-14(6-4-13)24-17(29)11-30-18-26-25-16-8-7-15(27-28(16)18)12-2-1-9-23-10-12/h1-10H,11H2,(H,24,29). The Bertz CT molecular complexity index is 1180. The van der Waals surface area contributed by atoms with Crippen LogP contribution in [0.4, 0.5) is 18.9 Å². The summed E-state index contributed by atoms with van der Waals surface area (Å²) in [5.74, 6) is -0.402. The van der Waals surface area contributed by atoms with E-state index in [1.54, 1.807) is 30.6 Å². The molecule has 0 spiro atoms. The van der Waals surface area contributed by atoms with Crippen LogP contribution >= 0.6 is 11.8 Å². The molecule has 7 nitrogen and oxygen atoms in total. The highest BCUT2D eigenvalue weighted by molar-refractivity contribution is 7.99. The van der Waals surface area contributed by atoms with Gasteiger partial charge in [0.2, 0.25) is 11.1 Å². The maximum Gasteiger partial charge on any atom is 0.416 e. The summed E-state index contributed by atoms with van der Waals surface area (Å²) in [5, 5.41) is 15.5. The average molecular weight is 430 g/mol. The van der Waals surface area contributed by atoms with Crippen molar-refractivity contribution >= 4 is 29.0 Å². The molecule has 1 N–H and O–H groups in total. The number of fused-ring (bicyclic) bond motifs is 1. The van der Waals surface area contributed by atoms with Gasteiger partial charge in [0, 0.05) is 23.6 Å². The Hall–Kier alpha value is -3.47. The molecule has 0 saturated heterocycles. The van der Waals surface area contributed by atoms with Crippen molar-refractivity contribution in [3.63, 3.8) is 0 Å². The van der Waals surface area contributed by atoms with E-state index in [-0.39, 0.29) is 17.3 Å². The zero-order chi connectivity index (χ0) is 21.1. The molecule has 1 aromatic carbocycles. The minimum absolute atomic E-state index is 0.0133. The smallest absolute Gasteiger partial charge is 0.325 e. The minimum Gasteiger partial charge on any atom is -0.325 e. The summed E-state index contributed by atoms with van der Waals surface area (Å²) < 4.78 is 39.4. The highest BCUT2D eigenvalue weighted by atomic mass is 32.2. The van der Waals surface area contributed by atoms with Crippen molar-refractivity contribution in [3.05, 3.63) is 66.5 Å². The van der Waals surface area contributed by atoms with E-state index in [0.717, 1.165) is 29.5 Å². The Kier molecular flexibility index (Phi) is 5.36. The van der Waals surface area contributed by atoms with Crippen LogP contribution < -0.4 is 5.32 Å². The first-order valence-corrected chi connectivity index (χ1v) is 9.61. The molecule has 11 heteroatoms. The third-order valence-electron chi connectivity index (χ3n) is 4.02. The van der Waals surface area contributed by atoms with E-state index in [0.29, 0.717) is 16.5 Å². The molecular weight excluding hydrogens is 417 g/mol. The number of pyridine rings is 1. The summed E-state index contributed by atoms with van der Waals surface area (Å²) in [4.78, 5) is 16.2. The number of amides is 1. The second kappa shape index (κ2) is 8.11. The second-order valence-electron chi connectivity index (χ2n) is 6.12. The Morgan fingerprint density at radius 2 is 1.87 bits per heavy atom. The topological polar surface area (TPSA) is 85.1 Å². The van der Waals surface area contributed by atoms with E-state index in [9.17, 15) is 18.0 Å². The van der Waals surface area contributed by atoms with Crippen molar-refractivity contribution in [2.75, 3.05) is 11.1 Å². The van der Waals surface area contributed by atoms with Crippen LogP contribution in [0.1, 0.15) is 5.56 Å². The molecule has 3 heterocycles. The van der Waals surface area contributed by atoms with Crippen molar-refractivity contribution in [3.8, 4) is 11.3 Å². The fraction of sp³-hybridized carbons (Fsp3) is 0.105. The average Bonchev–Trinajstić information content (AvgIpc) is 3.15. The molecule has 3 aromatic heterocycles. The first-order valence-electron chi connectivity index (χ1n) is 8.63. The predicted octanol–water partition coefficient (Wildman–Crippen LogP) is 3.94. The number of aromatic nitrogens is 5. The van der Waals surface area contributed by atoms with Gasteiger partial charge in [-0.2, -0.15) is 22.8 Å². The maximum absolute atomic E-state index is 12.6. The van der Waals surface area contributed by atoms with Gasteiger partial charge in [-0.1, -0.05) is 11.8 Å². The lowest BCUT2D eigenvalue weighted by molar-refractivity contribution is -0.137. The number of carbonyl (C=O) groups excluding carboxylic acids is 1. The molecule has 1 amide bonds. The molecule has 4 aromatic rings. The molecular formula is C19H13F3N6OS. The van der Waals surface area contributed by atoms with Gasteiger partial charge in [-0.15, -0.1) is 10.2 Å². The summed E-state index contributed by atoms with van der Waals surface area (Å²) in [6, 6.07) is 11.5. The molecule has 0 unspecified atom stereocenters. The monoisotopic (exact) mass is 430 g/mol. The van der Waals surface area contributed by atoms with Gasteiger partial charge < -0.3 is 5.32 Å². The second-order valence-corrected chi connectivity index (χ2v) is 7.07. The number of hydrogen-bond donors (Lipinski definition) is 1. The Labute approximate surface area is 172 Å². The summed E-state index contributed by atoms with van der Waals surface area (Å²) in [7, 11) is 0. The molecule has 0 aliphatic heterocycles. The molecule has 0 atom stereocenters. The van der Waals surface area contributed by atoms with E-state index in [1.165, 1.54) is 16.6 Å². The third-order valence-corrected chi connectivity index (χ3v) is 4.94. The van der Waals surface area contributed by atoms with Gasteiger partial charge in [0.25, 0.3) is 0 Å². The lowest BCUT2D eigenvalue weighted by atomic mass is 10.2.